The van der Waals surface area contributed by atoms with E-state index in [4.69, 9.17) is 4.74 Å². The van der Waals surface area contributed by atoms with Gasteiger partial charge in [-0.1, -0.05) is 58.4 Å². The van der Waals surface area contributed by atoms with Gasteiger partial charge in [0.1, 0.15) is 12.4 Å². The van der Waals surface area contributed by atoms with E-state index in [9.17, 15) is 9.59 Å². The summed E-state index contributed by atoms with van der Waals surface area (Å²) in [6.07, 6.45) is 1.76. The number of benzene rings is 3. The summed E-state index contributed by atoms with van der Waals surface area (Å²) in [5.74, 6) is 0.413. The van der Waals surface area contributed by atoms with Crippen molar-refractivity contribution in [2.24, 2.45) is 0 Å². The number of halogens is 3. The number of ether oxygens (including phenoxy) is 1. The fourth-order valence-electron chi connectivity index (χ4n) is 3.16. The number of hydrogen-bond donors (Lipinski definition) is 0. The smallest absolute Gasteiger partial charge is 0.293 e. The zero-order chi connectivity index (χ0) is 22.7. The lowest BCUT2D eigenvalue weighted by Crippen LogP contribution is -2.27. The molecule has 0 atom stereocenters. The summed E-state index contributed by atoms with van der Waals surface area (Å²) in [4.78, 5) is 27.3. The molecule has 0 saturated carbocycles. The Bertz CT molecular complexity index is 1220. The van der Waals surface area contributed by atoms with Gasteiger partial charge >= 0.3 is 0 Å². The first kappa shape index (κ1) is 23.8. The first-order chi connectivity index (χ1) is 15.4. The molecule has 0 unspecified atom stereocenters. The van der Waals surface area contributed by atoms with Crippen LogP contribution in [0.3, 0.4) is 0 Å². The maximum Gasteiger partial charge on any atom is 0.293 e. The molecule has 0 bridgehead atoms. The largest absolute Gasteiger partial charge is 0.487 e. The highest BCUT2D eigenvalue weighted by Crippen LogP contribution is 2.37. The molecule has 3 aromatic carbocycles. The highest BCUT2D eigenvalue weighted by atomic mass is 127. The van der Waals surface area contributed by atoms with Gasteiger partial charge in [0.05, 0.1) is 15.0 Å². The van der Waals surface area contributed by atoms with Crippen LogP contribution in [-0.4, -0.2) is 16.0 Å². The molecule has 162 valence electrons. The molecule has 2 amide bonds. The van der Waals surface area contributed by atoms with Gasteiger partial charge in [-0.2, -0.15) is 0 Å². The molecule has 8 heteroatoms. The lowest BCUT2D eigenvalue weighted by molar-refractivity contribution is -0.123. The Morgan fingerprint density at radius 3 is 2.47 bits per heavy atom. The molecule has 32 heavy (non-hydrogen) atoms. The number of amides is 2. The predicted octanol–water partition coefficient (Wildman–Crippen LogP) is 7.47. The van der Waals surface area contributed by atoms with Crippen molar-refractivity contribution in [2.75, 3.05) is 0 Å². The summed E-state index contributed by atoms with van der Waals surface area (Å²) in [7, 11) is 0. The van der Waals surface area contributed by atoms with Crippen molar-refractivity contribution in [1.29, 1.82) is 0 Å². The van der Waals surface area contributed by atoms with Crippen LogP contribution in [-0.2, 0) is 17.9 Å². The SMILES string of the molecule is O=C1S/C(=C/c2cc(I)cc(I)c2OCc2ccccc2)C(=O)N1Cc1cccc(Br)c1. The van der Waals surface area contributed by atoms with Crippen LogP contribution in [0.25, 0.3) is 6.08 Å². The molecule has 0 radical (unpaired) electrons. The van der Waals surface area contributed by atoms with Crippen LogP contribution in [0.5, 0.6) is 5.75 Å². The molecule has 0 N–H and O–H groups in total. The van der Waals surface area contributed by atoms with E-state index in [0.717, 1.165) is 40.1 Å². The van der Waals surface area contributed by atoms with Crippen molar-refractivity contribution in [3.8, 4) is 5.75 Å². The topological polar surface area (TPSA) is 46.6 Å². The van der Waals surface area contributed by atoms with Crippen molar-refractivity contribution in [1.82, 2.24) is 4.90 Å². The molecule has 1 aliphatic rings. The third kappa shape index (κ3) is 5.75. The molecule has 4 nitrogen and oxygen atoms in total. The van der Waals surface area contributed by atoms with Gasteiger partial charge in [0.2, 0.25) is 0 Å². The number of thioether (sulfide) groups is 1. The van der Waals surface area contributed by atoms with Crippen LogP contribution in [0.4, 0.5) is 4.79 Å². The summed E-state index contributed by atoms with van der Waals surface area (Å²) in [6, 6.07) is 21.5. The normalized spacial score (nSPS) is 15.0. The minimum atomic E-state index is -0.289. The van der Waals surface area contributed by atoms with Gasteiger partial charge in [-0.05, 0) is 98.4 Å². The van der Waals surface area contributed by atoms with Crippen LogP contribution in [0.1, 0.15) is 16.7 Å². The van der Waals surface area contributed by atoms with Gasteiger partial charge in [0.15, 0.2) is 0 Å². The van der Waals surface area contributed by atoms with Crippen molar-refractivity contribution >= 4 is 90.1 Å². The Labute approximate surface area is 226 Å². The second-order valence-corrected chi connectivity index (χ2v) is 11.3. The monoisotopic (exact) mass is 731 g/mol. The Morgan fingerprint density at radius 2 is 1.72 bits per heavy atom. The summed E-state index contributed by atoms with van der Waals surface area (Å²) in [5, 5.41) is -0.270. The van der Waals surface area contributed by atoms with Crippen molar-refractivity contribution in [3.63, 3.8) is 0 Å². The van der Waals surface area contributed by atoms with Crippen LogP contribution in [0.2, 0.25) is 0 Å². The highest BCUT2D eigenvalue weighted by molar-refractivity contribution is 14.1. The molecule has 0 spiro atoms. The second-order valence-electron chi connectivity index (χ2n) is 6.98. The van der Waals surface area contributed by atoms with E-state index < -0.39 is 0 Å². The van der Waals surface area contributed by atoms with Gasteiger partial charge in [-0.25, -0.2) is 0 Å². The van der Waals surface area contributed by atoms with E-state index in [1.54, 1.807) is 6.08 Å². The standard InChI is InChI=1S/C24H16BrI2NO3S/c25-18-8-4-7-16(9-18)13-28-23(29)21(32-24(28)30)11-17-10-19(26)12-20(27)22(17)31-14-15-5-2-1-3-6-15/h1-12H,13-14H2/b21-11+. The summed E-state index contributed by atoms with van der Waals surface area (Å²) >= 11 is 8.87. The number of imide groups is 1. The minimum absolute atomic E-state index is 0.239. The third-order valence-corrected chi connectivity index (χ3v) is 7.48. The van der Waals surface area contributed by atoms with E-state index in [0.29, 0.717) is 17.3 Å². The Balaban J connectivity index is 1.60. The molecule has 4 rings (SSSR count). The van der Waals surface area contributed by atoms with Crippen LogP contribution >= 0.6 is 72.9 Å². The minimum Gasteiger partial charge on any atom is -0.487 e. The molecular weight excluding hydrogens is 716 g/mol. The summed E-state index contributed by atoms with van der Waals surface area (Å²) in [5.41, 5.74) is 2.73. The number of hydrogen-bond acceptors (Lipinski definition) is 4. The Hall–Kier alpha value is -1.37. The van der Waals surface area contributed by atoms with Gasteiger partial charge in [-0.15, -0.1) is 0 Å². The van der Waals surface area contributed by atoms with E-state index >= 15 is 0 Å². The van der Waals surface area contributed by atoms with Crippen molar-refractivity contribution < 1.29 is 14.3 Å². The number of carbonyl (C=O) groups excluding carboxylic acids is 2. The average molecular weight is 732 g/mol. The first-order valence-electron chi connectivity index (χ1n) is 9.56. The number of nitrogens with zero attached hydrogens (tertiary/aromatic N) is 1. The molecule has 1 saturated heterocycles. The average Bonchev–Trinajstić information content (AvgIpc) is 3.01. The van der Waals surface area contributed by atoms with Gasteiger partial charge in [0.25, 0.3) is 11.1 Å². The lowest BCUT2D eigenvalue weighted by Gasteiger charge is -2.14. The summed E-state index contributed by atoms with van der Waals surface area (Å²) in [6.45, 7) is 0.658. The quantitative estimate of drug-likeness (QED) is 0.195. The lowest BCUT2D eigenvalue weighted by atomic mass is 10.1. The molecule has 1 heterocycles. The molecule has 0 aromatic heterocycles. The van der Waals surface area contributed by atoms with Crippen LogP contribution in [0.15, 0.2) is 76.1 Å². The zero-order valence-corrected chi connectivity index (χ0v) is 23.3. The van der Waals surface area contributed by atoms with Crippen LogP contribution in [0, 0.1) is 7.14 Å². The van der Waals surface area contributed by atoms with E-state index in [1.807, 2.05) is 66.7 Å². The fourth-order valence-corrected chi connectivity index (χ4v) is 6.49. The number of carbonyl (C=O) groups is 2. The number of rotatable bonds is 6. The van der Waals surface area contributed by atoms with Gasteiger partial charge in [-0.3, -0.25) is 14.5 Å². The van der Waals surface area contributed by atoms with Gasteiger partial charge < -0.3 is 4.74 Å². The Kier molecular flexibility index (Phi) is 7.95. The van der Waals surface area contributed by atoms with Gasteiger partial charge in [0, 0.05) is 13.6 Å². The van der Waals surface area contributed by atoms with Crippen molar-refractivity contribution in [3.05, 3.63) is 99.9 Å². The molecular formula is C24H16BrI2NO3S. The van der Waals surface area contributed by atoms with E-state index in [2.05, 4.69) is 61.1 Å². The molecule has 1 aliphatic heterocycles. The second kappa shape index (κ2) is 10.7. The molecule has 1 fully saturated rings. The Morgan fingerprint density at radius 1 is 0.969 bits per heavy atom. The first-order valence-corrected chi connectivity index (χ1v) is 13.3. The third-order valence-electron chi connectivity index (χ3n) is 4.65. The zero-order valence-electron chi connectivity index (χ0n) is 16.6. The summed E-state index contributed by atoms with van der Waals surface area (Å²) < 4.78 is 9.02. The predicted molar refractivity (Wildman–Crippen MR) is 148 cm³/mol. The highest BCUT2D eigenvalue weighted by Gasteiger charge is 2.35. The molecule has 0 aliphatic carbocycles. The van der Waals surface area contributed by atoms with E-state index in [1.165, 1.54) is 4.90 Å². The maximum absolute atomic E-state index is 13.0. The van der Waals surface area contributed by atoms with Crippen molar-refractivity contribution in [2.45, 2.75) is 13.2 Å². The van der Waals surface area contributed by atoms with Crippen LogP contribution < -0.4 is 4.74 Å². The van der Waals surface area contributed by atoms with E-state index in [-0.39, 0.29) is 17.7 Å². The maximum atomic E-state index is 13.0. The molecule has 3 aromatic rings. The fraction of sp³-hybridized carbons (Fsp3) is 0.0833.